The summed E-state index contributed by atoms with van der Waals surface area (Å²) in [6, 6.07) is 0. The molecule has 0 fully saturated rings. The third-order valence-corrected chi connectivity index (χ3v) is 1.40. The molecule has 0 saturated heterocycles. The lowest BCUT2D eigenvalue weighted by Crippen LogP contribution is -1.99. The zero-order chi connectivity index (χ0) is 8.81. The number of hydrogen-bond donors (Lipinski definition) is 0. The molecule has 1 aromatic heterocycles. The Morgan fingerprint density at radius 1 is 1.42 bits per heavy atom. The molecular formula is C7H11ClN2O2. The molecule has 0 amide bonds. The highest BCUT2D eigenvalue weighted by molar-refractivity contribution is 6.27. The second-order valence-electron chi connectivity index (χ2n) is 2.31. The summed E-state index contributed by atoms with van der Waals surface area (Å²) in [5.41, 5.74) is 0. The molecule has 68 valence electrons. The van der Waals surface area contributed by atoms with Gasteiger partial charge in [-0.15, -0.1) is 5.10 Å². The zero-order valence-corrected chi connectivity index (χ0v) is 7.67. The van der Waals surface area contributed by atoms with Crippen molar-refractivity contribution in [2.24, 2.45) is 0 Å². The second-order valence-corrected chi connectivity index (χ2v) is 2.63. The lowest BCUT2D eigenvalue weighted by molar-refractivity contribution is 0.133. The topological polar surface area (TPSA) is 48.2 Å². The summed E-state index contributed by atoms with van der Waals surface area (Å²) in [6.45, 7) is 3.43. The molecule has 12 heavy (non-hydrogen) atoms. The van der Waals surface area contributed by atoms with Crippen LogP contribution in [0.3, 0.4) is 0 Å². The Labute approximate surface area is 75.9 Å². The Balaban J connectivity index is 2.15. The van der Waals surface area contributed by atoms with Crippen LogP contribution in [0.4, 0.5) is 0 Å². The van der Waals surface area contributed by atoms with Gasteiger partial charge in [0.15, 0.2) is 0 Å². The molecule has 4 nitrogen and oxygen atoms in total. The maximum atomic E-state index is 5.42. The van der Waals surface area contributed by atoms with E-state index in [4.69, 9.17) is 20.8 Å². The molecule has 1 rings (SSSR count). The van der Waals surface area contributed by atoms with Gasteiger partial charge >= 0.3 is 5.35 Å². The molecule has 0 aliphatic carbocycles. The van der Waals surface area contributed by atoms with E-state index in [1.165, 1.54) is 0 Å². The van der Waals surface area contributed by atoms with Gasteiger partial charge in [-0.05, 0) is 18.0 Å². The Morgan fingerprint density at radius 3 is 2.83 bits per heavy atom. The van der Waals surface area contributed by atoms with Crippen molar-refractivity contribution in [2.75, 3.05) is 13.2 Å². The average Bonchev–Trinajstić information content (AvgIpc) is 2.45. The minimum Gasteiger partial charge on any atom is -0.412 e. The monoisotopic (exact) mass is 190 g/mol. The number of ether oxygens (including phenoxy) is 1. The van der Waals surface area contributed by atoms with Gasteiger partial charge in [0.1, 0.15) is 0 Å². The smallest absolute Gasteiger partial charge is 0.312 e. The van der Waals surface area contributed by atoms with Crippen molar-refractivity contribution >= 4 is 11.6 Å². The lowest BCUT2D eigenvalue weighted by atomic mass is 10.4. The van der Waals surface area contributed by atoms with E-state index in [-0.39, 0.29) is 5.35 Å². The van der Waals surface area contributed by atoms with Crippen LogP contribution >= 0.6 is 11.6 Å². The first-order chi connectivity index (χ1) is 5.83. The zero-order valence-electron chi connectivity index (χ0n) is 6.92. The van der Waals surface area contributed by atoms with Crippen LogP contribution in [0.25, 0.3) is 0 Å². The molecule has 0 radical (unpaired) electrons. The van der Waals surface area contributed by atoms with Crippen LogP contribution in [0.2, 0.25) is 5.35 Å². The summed E-state index contributed by atoms with van der Waals surface area (Å²) in [5.74, 6) is 0.524. The third-order valence-electron chi connectivity index (χ3n) is 1.25. The molecular weight excluding hydrogens is 180 g/mol. The average molecular weight is 191 g/mol. The minimum atomic E-state index is 0.0838. The minimum absolute atomic E-state index is 0.0838. The van der Waals surface area contributed by atoms with Crippen molar-refractivity contribution in [1.82, 2.24) is 10.2 Å². The Bertz CT molecular complexity index is 227. The molecule has 1 heterocycles. The first-order valence-corrected chi connectivity index (χ1v) is 4.26. The van der Waals surface area contributed by atoms with E-state index in [1.807, 2.05) is 0 Å². The van der Waals surface area contributed by atoms with E-state index < -0.39 is 0 Å². The summed E-state index contributed by atoms with van der Waals surface area (Å²) >= 11 is 5.42. The van der Waals surface area contributed by atoms with Crippen molar-refractivity contribution in [3.05, 3.63) is 11.2 Å². The van der Waals surface area contributed by atoms with Crippen molar-refractivity contribution in [2.45, 2.75) is 19.8 Å². The SMILES string of the molecule is CCCOCCc1nnc(Cl)o1. The van der Waals surface area contributed by atoms with E-state index >= 15 is 0 Å². The Hall–Kier alpha value is -0.610. The fraction of sp³-hybridized carbons (Fsp3) is 0.714. The number of rotatable bonds is 5. The predicted molar refractivity (Wildman–Crippen MR) is 44.1 cm³/mol. The number of halogens is 1. The molecule has 0 unspecified atom stereocenters. The fourth-order valence-corrected chi connectivity index (χ4v) is 0.867. The van der Waals surface area contributed by atoms with E-state index in [0.717, 1.165) is 13.0 Å². The van der Waals surface area contributed by atoms with Gasteiger partial charge in [0.2, 0.25) is 5.89 Å². The van der Waals surface area contributed by atoms with E-state index in [9.17, 15) is 0 Å². The third kappa shape index (κ3) is 3.19. The van der Waals surface area contributed by atoms with Gasteiger partial charge in [0.05, 0.1) is 6.61 Å². The fourth-order valence-electron chi connectivity index (χ4n) is 0.740. The number of nitrogens with zero attached hydrogens (tertiary/aromatic N) is 2. The molecule has 0 aliphatic rings. The quantitative estimate of drug-likeness (QED) is 0.663. The van der Waals surface area contributed by atoms with Crippen LogP contribution < -0.4 is 0 Å². The number of aromatic nitrogens is 2. The maximum Gasteiger partial charge on any atom is 0.312 e. The molecule has 1 aromatic rings. The van der Waals surface area contributed by atoms with E-state index in [2.05, 4.69) is 17.1 Å². The van der Waals surface area contributed by atoms with Crippen LogP contribution in [-0.4, -0.2) is 23.4 Å². The Morgan fingerprint density at radius 2 is 2.25 bits per heavy atom. The van der Waals surface area contributed by atoms with Crippen LogP contribution in [0.1, 0.15) is 19.2 Å². The maximum absolute atomic E-state index is 5.42. The molecule has 5 heteroatoms. The van der Waals surface area contributed by atoms with Crippen molar-refractivity contribution in [3.8, 4) is 0 Å². The number of hydrogen-bond acceptors (Lipinski definition) is 4. The lowest BCUT2D eigenvalue weighted by Gasteiger charge is -1.97. The van der Waals surface area contributed by atoms with Gasteiger partial charge in [0, 0.05) is 13.0 Å². The van der Waals surface area contributed by atoms with Crippen LogP contribution in [0.15, 0.2) is 4.42 Å². The van der Waals surface area contributed by atoms with Gasteiger partial charge in [-0.3, -0.25) is 0 Å². The summed E-state index contributed by atoms with van der Waals surface area (Å²) in [5, 5.41) is 7.28. The molecule has 0 atom stereocenters. The summed E-state index contributed by atoms with van der Waals surface area (Å²) < 4.78 is 10.2. The van der Waals surface area contributed by atoms with Crippen molar-refractivity contribution in [1.29, 1.82) is 0 Å². The van der Waals surface area contributed by atoms with Crippen LogP contribution in [0, 0.1) is 0 Å². The molecule has 0 aliphatic heterocycles. The second kappa shape index (κ2) is 5.11. The van der Waals surface area contributed by atoms with E-state index in [0.29, 0.717) is 18.9 Å². The Kier molecular flexibility index (Phi) is 4.04. The first kappa shape index (κ1) is 9.48. The van der Waals surface area contributed by atoms with Gasteiger partial charge in [-0.2, -0.15) is 0 Å². The molecule has 0 N–H and O–H groups in total. The highest BCUT2D eigenvalue weighted by Crippen LogP contribution is 2.05. The van der Waals surface area contributed by atoms with Crippen molar-refractivity contribution in [3.63, 3.8) is 0 Å². The van der Waals surface area contributed by atoms with E-state index in [1.54, 1.807) is 0 Å². The highest BCUT2D eigenvalue weighted by atomic mass is 35.5. The van der Waals surface area contributed by atoms with Crippen LogP contribution in [-0.2, 0) is 11.2 Å². The first-order valence-electron chi connectivity index (χ1n) is 3.88. The highest BCUT2D eigenvalue weighted by Gasteiger charge is 2.01. The van der Waals surface area contributed by atoms with Crippen molar-refractivity contribution < 1.29 is 9.15 Å². The molecule has 0 saturated carbocycles. The normalized spacial score (nSPS) is 10.5. The molecule has 0 spiro atoms. The summed E-state index contributed by atoms with van der Waals surface area (Å²) in [4.78, 5) is 0. The summed E-state index contributed by atoms with van der Waals surface area (Å²) in [6.07, 6.45) is 1.64. The van der Waals surface area contributed by atoms with Gasteiger partial charge in [0.25, 0.3) is 0 Å². The molecule has 0 aromatic carbocycles. The standard InChI is InChI=1S/C7H11ClN2O2/c1-2-4-11-5-3-6-9-10-7(8)12-6/h2-5H2,1H3. The van der Waals surface area contributed by atoms with Gasteiger partial charge in [-0.25, -0.2) is 0 Å². The molecule has 0 bridgehead atoms. The van der Waals surface area contributed by atoms with Gasteiger partial charge < -0.3 is 9.15 Å². The van der Waals surface area contributed by atoms with Gasteiger partial charge in [-0.1, -0.05) is 12.0 Å². The predicted octanol–water partition coefficient (Wildman–Crippen LogP) is 1.69. The summed E-state index contributed by atoms with van der Waals surface area (Å²) in [7, 11) is 0. The largest absolute Gasteiger partial charge is 0.412 e. The van der Waals surface area contributed by atoms with Crippen LogP contribution in [0.5, 0.6) is 0 Å².